The lowest BCUT2D eigenvalue weighted by Gasteiger charge is -2.26. The third kappa shape index (κ3) is 5.68. The fourth-order valence-electron chi connectivity index (χ4n) is 4.37. The topological polar surface area (TPSA) is 108 Å². The van der Waals surface area contributed by atoms with E-state index in [0.717, 1.165) is 66.4 Å². The van der Waals surface area contributed by atoms with E-state index >= 15 is 0 Å². The van der Waals surface area contributed by atoms with Crippen LogP contribution in [0.3, 0.4) is 0 Å². The van der Waals surface area contributed by atoms with E-state index in [4.69, 9.17) is 14.7 Å². The van der Waals surface area contributed by atoms with Crippen molar-refractivity contribution in [1.29, 1.82) is 0 Å². The number of aromatic nitrogens is 6. The van der Waals surface area contributed by atoms with Crippen LogP contribution in [-0.2, 0) is 11.3 Å². The summed E-state index contributed by atoms with van der Waals surface area (Å²) in [6.07, 6.45) is 3.46. The van der Waals surface area contributed by atoms with Gasteiger partial charge in [-0.05, 0) is 50.1 Å². The number of fused-ring (bicyclic) bond motifs is 1. The predicted octanol–water partition coefficient (Wildman–Crippen LogP) is 5.38. The maximum Gasteiger partial charge on any atom is 0.161 e. The number of imidazole rings is 1. The summed E-state index contributed by atoms with van der Waals surface area (Å²) in [6.45, 7) is 4.39. The Morgan fingerprint density at radius 2 is 2.03 bits per heavy atom. The molecule has 1 aliphatic rings. The molecule has 2 aromatic carbocycles. The van der Waals surface area contributed by atoms with Crippen molar-refractivity contribution >= 4 is 52.7 Å². The smallest absolute Gasteiger partial charge is 0.161 e. The van der Waals surface area contributed by atoms with Gasteiger partial charge in [0.05, 0.1) is 36.1 Å². The number of morpholine rings is 1. The Hall–Kier alpha value is -3.44. The highest BCUT2D eigenvalue weighted by Gasteiger charge is 2.15. The lowest BCUT2D eigenvalue weighted by molar-refractivity contribution is 0.0342. The van der Waals surface area contributed by atoms with E-state index in [9.17, 15) is 0 Å². The van der Waals surface area contributed by atoms with Crippen molar-refractivity contribution in [2.45, 2.75) is 6.54 Å². The van der Waals surface area contributed by atoms with Crippen molar-refractivity contribution < 1.29 is 4.74 Å². The number of rotatable bonds is 6. The maximum absolute atomic E-state index is 5.47. The van der Waals surface area contributed by atoms with Crippen molar-refractivity contribution in [3.8, 4) is 34.1 Å². The van der Waals surface area contributed by atoms with Crippen molar-refractivity contribution in [3.05, 3.63) is 72.1 Å². The fraction of sp³-hybridized carbons (Fsp3) is 0.185. The van der Waals surface area contributed by atoms with Crippen LogP contribution >= 0.6 is 30.1 Å². The van der Waals surface area contributed by atoms with Gasteiger partial charge >= 0.3 is 0 Å². The first-order chi connectivity index (χ1) is 18.7. The van der Waals surface area contributed by atoms with E-state index in [-0.39, 0.29) is 0 Å². The average molecular weight is 635 g/mol. The van der Waals surface area contributed by atoms with E-state index in [1.165, 1.54) is 14.5 Å². The molecule has 0 aliphatic carbocycles. The maximum atomic E-state index is 5.47. The molecule has 3 N–H and O–H groups in total. The Morgan fingerprint density at radius 3 is 2.92 bits per heavy atom. The highest BCUT2D eigenvalue weighted by Crippen LogP contribution is 2.28. The lowest BCUT2D eigenvalue weighted by atomic mass is 10.1. The van der Waals surface area contributed by atoms with E-state index in [1.807, 2.05) is 30.3 Å². The number of halogens is 1. The van der Waals surface area contributed by atoms with Gasteiger partial charge in [0, 0.05) is 58.2 Å². The molecule has 0 saturated carbocycles. The molecule has 4 heterocycles. The fourth-order valence-corrected chi connectivity index (χ4v) is 4.86. The minimum atomic E-state index is 0.613. The molecule has 0 bridgehead atoms. The first-order valence-electron chi connectivity index (χ1n) is 12.1. The molecule has 1 saturated heterocycles. The second kappa shape index (κ2) is 11.5. The Morgan fingerprint density at radius 1 is 1.11 bits per heavy atom. The summed E-state index contributed by atoms with van der Waals surface area (Å²) in [7, 11) is 1.46. The zero-order valence-electron chi connectivity index (χ0n) is 20.2. The normalized spacial score (nSPS) is 13.8. The van der Waals surface area contributed by atoms with Crippen molar-refractivity contribution in [3.63, 3.8) is 0 Å². The largest absolute Gasteiger partial charge is 0.379 e. The summed E-state index contributed by atoms with van der Waals surface area (Å²) in [5, 5.41) is 13.7. The number of H-pyrrole nitrogens is 2. The lowest BCUT2D eigenvalue weighted by Crippen LogP contribution is -2.35. The van der Waals surface area contributed by atoms with Crippen molar-refractivity contribution in [2.24, 2.45) is 0 Å². The Kier molecular flexibility index (Phi) is 7.54. The first-order valence-corrected chi connectivity index (χ1v) is 15.4. The summed E-state index contributed by atoms with van der Waals surface area (Å²) in [4.78, 5) is 19.8. The van der Waals surface area contributed by atoms with Gasteiger partial charge in [-0.25, -0.2) is 15.0 Å². The van der Waals surface area contributed by atoms with Gasteiger partial charge in [-0.2, -0.15) is 5.10 Å². The standard InChI is InChI=1S/C27H23IN8OS/c28-38-13-7-18-2-1-3-20(14-18)26-29-8-6-24(34-26)31-23-16-30-35-25(23)27-32-21-5-4-19(15-22(21)33-27)17-36-9-11-37-12-10-36/h1-6,8,14-16H,9-12,17H2,(H,30,35)(H,32,33)(H,29,31,34). The summed E-state index contributed by atoms with van der Waals surface area (Å²) >= 11 is 2.16. The van der Waals surface area contributed by atoms with Crippen LogP contribution in [0.1, 0.15) is 11.1 Å². The van der Waals surface area contributed by atoms with E-state index in [1.54, 1.807) is 12.4 Å². The van der Waals surface area contributed by atoms with Crippen LogP contribution in [0.4, 0.5) is 11.5 Å². The van der Waals surface area contributed by atoms with Gasteiger partial charge in [-0.3, -0.25) is 10.00 Å². The number of nitrogens with one attached hydrogen (secondary N) is 3. The predicted molar refractivity (Wildman–Crippen MR) is 159 cm³/mol. The van der Waals surface area contributed by atoms with Crippen LogP contribution in [0.5, 0.6) is 0 Å². The zero-order valence-corrected chi connectivity index (χ0v) is 23.2. The molecule has 9 nitrogen and oxygen atoms in total. The van der Waals surface area contributed by atoms with Gasteiger partial charge in [-0.1, -0.05) is 24.1 Å². The number of aromatic amines is 2. The SMILES string of the molecule is ISC#Cc1cccc(-c2nccc(Nc3cn[nH]c3-c3nc4ccc(CN5CCOCC5)cc4[nH]3)n2)c1. The van der Waals surface area contributed by atoms with E-state index in [2.05, 4.69) is 81.0 Å². The second-order valence-electron chi connectivity index (χ2n) is 8.76. The second-order valence-corrected chi connectivity index (χ2v) is 10.4. The molecule has 0 radical (unpaired) electrons. The quantitative estimate of drug-likeness (QED) is 0.169. The minimum Gasteiger partial charge on any atom is -0.379 e. The molecule has 0 unspecified atom stereocenters. The highest BCUT2D eigenvalue weighted by molar-refractivity contribution is 14.2. The highest BCUT2D eigenvalue weighted by atomic mass is 127. The molecule has 5 aromatic rings. The zero-order chi connectivity index (χ0) is 25.7. The van der Waals surface area contributed by atoms with Crippen LogP contribution in [0, 0.1) is 11.2 Å². The summed E-state index contributed by atoms with van der Waals surface area (Å²) < 4.78 is 5.47. The Balaban J connectivity index is 1.23. The van der Waals surface area contributed by atoms with E-state index in [0.29, 0.717) is 17.5 Å². The van der Waals surface area contributed by atoms with Gasteiger partial charge in [0.2, 0.25) is 0 Å². The molecule has 11 heteroatoms. The third-order valence-corrected chi connectivity index (χ3v) is 7.05. The molecule has 6 rings (SSSR count). The van der Waals surface area contributed by atoms with Gasteiger partial charge in [0.1, 0.15) is 11.5 Å². The molecule has 0 amide bonds. The molecule has 0 spiro atoms. The third-order valence-electron chi connectivity index (χ3n) is 6.21. The molecule has 190 valence electrons. The molecule has 38 heavy (non-hydrogen) atoms. The molecule has 3 aromatic heterocycles. The van der Waals surface area contributed by atoms with Crippen LogP contribution in [0.15, 0.2) is 60.9 Å². The van der Waals surface area contributed by atoms with Crippen molar-refractivity contribution in [2.75, 3.05) is 31.6 Å². The number of benzene rings is 2. The summed E-state index contributed by atoms with van der Waals surface area (Å²) in [5.41, 5.74) is 6.47. The number of nitrogens with zero attached hydrogens (tertiary/aromatic N) is 5. The van der Waals surface area contributed by atoms with Crippen LogP contribution < -0.4 is 5.32 Å². The molecule has 0 atom stereocenters. The minimum absolute atomic E-state index is 0.613. The molecule has 1 aliphatic heterocycles. The number of ether oxygens (including phenoxy) is 1. The number of hydrogen-bond acceptors (Lipinski definition) is 8. The molecular weight excluding hydrogens is 611 g/mol. The van der Waals surface area contributed by atoms with Crippen molar-refractivity contribution in [1.82, 2.24) is 35.0 Å². The summed E-state index contributed by atoms with van der Waals surface area (Å²) in [5.74, 6) is 5.09. The van der Waals surface area contributed by atoms with E-state index < -0.39 is 0 Å². The Bertz CT molecular complexity index is 1630. The number of hydrogen-bond donors (Lipinski definition) is 3. The van der Waals surface area contributed by atoms with Gasteiger partial charge in [0.25, 0.3) is 0 Å². The molecule has 1 fully saturated rings. The van der Waals surface area contributed by atoms with Gasteiger partial charge in [0.15, 0.2) is 11.6 Å². The van der Waals surface area contributed by atoms with Crippen LogP contribution in [0.25, 0.3) is 33.9 Å². The van der Waals surface area contributed by atoms with Crippen LogP contribution in [0.2, 0.25) is 0 Å². The number of anilines is 2. The average Bonchev–Trinajstić information content (AvgIpc) is 3.59. The Labute approximate surface area is 235 Å². The van der Waals surface area contributed by atoms with Gasteiger partial charge < -0.3 is 15.0 Å². The van der Waals surface area contributed by atoms with Crippen LogP contribution in [-0.4, -0.2) is 61.3 Å². The summed E-state index contributed by atoms with van der Waals surface area (Å²) in [6, 6.07) is 16.1. The first kappa shape index (κ1) is 24.9. The monoisotopic (exact) mass is 634 g/mol. The molecular formula is C27H23IN8OS. The van der Waals surface area contributed by atoms with Gasteiger partial charge in [-0.15, -0.1) is 0 Å².